The van der Waals surface area contributed by atoms with E-state index in [0.29, 0.717) is 5.69 Å². The molecule has 5 nitrogen and oxygen atoms in total. The molecule has 0 aromatic heterocycles. The van der Waals surface area contributed by atoms with Gasteiger partial charge in [-0.15, -0.1) is 0 Å². The number of hydrogen-bond acceptors (Lipinski definition) is 3. The minimum Gasteiger partial charge on any atom is -0.324 e. The van der Waals surface area contributed by atoms with Crippen LogP contribution in [0.5, 0.6) is 0 Å². The molecule has 0 spiro atoms. The summed E-state index contributed by atoms with van der Waals surface area (Å²) in [6, 6.07) is 5.76. The maximum atomic E-state index is 12.7. The Morgan fingerprint density at radius 1 is 1.08 bits per heavy atom. The lowest BCUT2D eigenvalue weighted by atomic mass is 9.63. The average Bonchev–Trinajstić information content (AvgIpc) is 2.85. The summed E-state index contributed by atoms with van der Waals surface area (Å²) in [5.41, 5.74) is 2.80. The molecule has 1 aliphatic heterocycles. The van der Waals surface area contributed by atoms with Crippen LogP contribution in [-0.4, -0.2) is 29.2 Å². The molecule has 3 aliphatic carbocycles. The highest BCUT2D eigenvalue weighted by molar-refractivity contribution is 6.09. The highest BCUT2D eigenvalue weighted by Gasteiger charge is 2.56. The number of likely N-dealkylation sites (tertiary alicyclic amines) is 1. The third kappa shape index (κ3) is 2.58. The molecular weight excluding hydrogens is 316 g/mol. The van der Waals surface area contributed by atoms with Crippen LogP contribution in [0.25, 0.3) is 0 Å². The molecule has 0 radical (unpaired) electrons. The molecule has 2 fully saturated rings. The van der Waals surface area contributed by atoms with Gasteiger partial charge in [-0.2, -0.15) is 0 Å². The number of anilines is 1. The van der Waals surface area contributed by atoms with Crippen LogP contribution in [0.1, 0.15) is 24.0 Å². The van der Waals surface area contributed by atoms with Gasteiger partial charge in [-0.1, -0.05) is 29.8 Å². The molecule has 25 heavy (non-hydrogen) atoms. The third-order valence-electron chi connectivity index (χ3n) is 5.81. The van der Waals surface area contributed by atoms with Crippen LogP contribution in [0.3, 0.4) is 0 Å². The Balaban J connectivity index is 1.48. The SMILES string of the molecule is Cc1ccc(NC(=O)CN2C(=O)[C@H]3[C@H](C2=O)[C@H]2C=C[C@H]3CC2)c(C)c1. The average molecular weight is 338 g/mol. The number of hydrogen-bond donors (Lipinski definition) is 1. The fraction of sp³-hybridized carbons (Fsp3) is 0.450. The van der Waals surface area contributed by atoms with E-state index >= 15 is 0 Å². The Morgan fingerprint density at radius 3 is 2.20 bits per heavy atom. The van der Waals surface area contributed by atoms with Crippen LogP contribution in [0.4, 0.5) is 5.69 Å². The molecule has 2 bridgehead atoms. The number of carbonyl (C=O) groups excluding carboxylic acids is 3. The highest BCUT2D eigenvalue weighted by Crippen LogP contribution is 2.49. The van der Waals surface area contributed by atoms with Gasteiger partial charge in [0, 0.05) is 5.69 Å². The zero-order valence-electron chi connectivity index (χ0n) is 14.5. The Kier molecular flexibility index (Phi) is 3.74. The van der Waals surface area contributed by atoms with E-state index in [4.69, 9.17) is 0 Å². The number of nitrogens with zero attached hydrogens (tertiary/aromatic N) is 1. The van der Waals surface area contributed by atoms with Crippen molar-refractivity contribution in [2.75, 3.05) is 11.9 Å². The van der Waals surface area contributed by atoms with Gasteiger partial charge < -0.3 is 5.32 Å². The summed E-state index contributed by atoms with van der Waals surface area (Å²) in [6.07, 6.45) is 6.09. The first-order valence-electron chi connectivity index (χ1n) is 8.86. The number of benzene rings is 1. The van der Waals surface area contributed by atoms with Gasteiger partial charge >= 0.3 is 0 Å². The van der Waals surface area contributed by atoms with Crippen molar-refractivity contribution >= 4 is 23.4 Å². The Labute approximate surface area is 147 Å². The van der Waals surface area contributed by atoms with Gasteiger partial charge in [-0.3, -0.25) is 19.3 Å². The van der Waals surface area contributed by atoms with Crippen molar-refractivity contribution in [3.63, 3.8) is 0 Å². The standard InChI is InChI=1S/C20H22N2O3/c1-11-3-8-15(12(2)9-11)21-16(23)10-22-19(24)17-13-4-5-14(7-6-13)18(17)20(22)25/h3-5,8-9,13-14,17-18H,6-7,10H2,1-2H3,(H,21,23)/t13-,14-,17+,18+/m0/s1. The van der Waals surface area contributed by atoms with Gasteiger partial charge in [0.2, 0.25) is 17.7 Å². The smallest absolute Gasteiger partial charge is 0.244 e. The van der Waals surface area contributed by atoms with Gasteiger partial charge in [0.15, 0.2) is 0 Å². The predicted octanol–water partition coefficient (Wildman–Crippen LogP) is 2.44. The molecule has 1 aromatic rings. The lowest BCUT2D eigenvalue weighted by Gasteiger charge is -2.38. The third-order valence-corrected chi connectivity index (χ3v) is 5.81. The van der Waals surface area contributed by atoms with Gasteiger partial charge in [0.1, 0.15) is 6.54 Å². The van der Waals surface area contributed by atoms with E-state index in [9.17, 15) is 14.4 Å². The fourth-order valence-corrected chi connectivity index (χ4v) is 4.58. The molecule has 1 heterocycles. The van der Waals surface area contributed by atoms with Crippen molar-refractivity contribution in [2.45, 2.75) is 26.7 Å². The van der Waals surface area contributed by atoms with Gasteiger partial charge in [0.25, 0.3) is 0 Å². The molecule has 4 atom stereocenters. The number of nitrogens with one attached hydrogen (secondary N) is 1. The number of imide groups is 1. The summed E-state index contributed by atoms with van der Waals surface area (Å²) >= 11 is 0. The molecule has 4 aliphatic rings. The molecule has 1 N–H and O–H groups in total. The summed E-state index contributed by atoms with van der Waals surface area (Å²) < 4.78 is 0. The minimum absolute atomic E-state index is 0.152. The summed E-state index contributed by atoms with van der Waals surface area (Å²) in [5, 5.41) is 2.82. The van der Waals surface area contributed by atoms with Crippen LogP contribution in [0.15, 0.2) is 30.4 Å². The number of amides is 3. The van der Waals surface area contributed by atoms with Crippen molar-refractivity contribution < 1.29 is 14.4 Å². The molecule has 130 valence electrons. The molecule has 1 aromatic carbocycles. The second kappa shape index (κ2) is 5.83. The zero-order chi connectivity index (χ0) is 17.7. The molecular formula is C20H22N2O3. The van der Waals surface area contributed by atoms with Gasteiger partial charge in [-0.25, -0.2) is 0 Å². The van der Waals surface area contributed by atoms with Crippen molar-refractivity contribution in [3.8, 4) is 0 Å². The molecule has 5 heteroatoms. The monoisotopic (exact) mass is 338 g/mol. The number of aryl methyl sites for hydroxylation is 2. The minimum atomic E-state index is -0.326. The van der Waals surface area contributed by atoms with E-state index in [2.05, 4.69) is 17.5 Å². The van der Waals surface area contributed by atoms with E-state index in [0.717, 1.165) is 24.0 Å². The number of carbonyl (C=O) groups is 3. The number of rotatable bonds is 3. The second-order valence-corrected chi connectivity index (χ2v) is 7.47. The fourth-order valence-electron chi connectivity index (χ4n) is 4.58. The largest absolute Gasteiger partial charge is 0.324 e. The maximum Gasteiger partial charge on any atom is 0.244 e. The number of fused-ring (bicyclic) bond motifs is 1. The summed E-state index contributed by atoms with van der Waals surface area (Å²) in [6.45, 7) is 3.72. The summed E-state index contributed by atoms with van der Waals surface area (Å²) in [4.78, 5) is 39.0. The first-order chi connectivity index (χ1) is 12.0. The number of allylic oxidation sites excluding steroid dienone is 2. The van der Waals surface area contributed by atoms with Crippen molar-refractivity contribution in [1.82, 2.24) is 4.90 Å². The van der Waals surface area contributed by atoms with Gasteiger partial charge in [-0.05, 0) is 50.2 Å². The van der Waals surface area contributed by atoms with Crippen LogP contribution in [-0.2, 0) is 14.4 Å². The van der Waals surface area contributed by atoms with E-state index in [1.807, 2.05) is 32.0 Å². The summed E-state index contributed by atoms with van der Waals surface area (Å²) in [7, 11) is 0. The van der Waals surface area contributed by atoms with E-state index in [1.54, 1.807) is 0 Å². The molecule has 1 saturated carbocycles. The van der Waals surface area contributed by atoms with Gasteiger partial charge in [0.05, 0.1) is 11.8 Å². The van der Waals surface area contributed by atoms with Crippen LogP contribution in [0.2, 0.25) is 0 Å². The highest BCUT2D eigenvalue weighted by atomic mass is 16.2. The maximum absolute atomic E-state index is 12.7. The van der Waals surface area contributed by atoms with Crippen molar-refractivity contribution in [3.05, 3.63) is 41.5 Å². The topological polar surface area (TPSA) is 66.5 Å². The molecule has 5 rings (SSSR count). The van der Waals surface area contributed by atoms with Crippen LogP contribution >= 0.6 is 0 Å². The Hall–Kier alpha value is -2.43. The lowest BCUT2D eigenvalue weighted by molar-refractivity contribution is -0.142. The molecule has 1 saturated heterocycles. The van der Waals surface area contributed by atoms with E-state index in [-0.39, 0.29) is 47.9 Å². The van der Waals surface area contributed by atoms with Crippen molar-refractivity contribution in [1.29, 1.82) is 0 Å². The van der Waals surface area contributed by atoms with Crippen molar-refractivity contribution in [2.24, 2.45) is 23.7 Å². The zero-order valence-corrected chi connectivity index (χ0v) is 14.5. The van der Waals surface area contributed by atoms with E-state index < -0.39 is 0 Å². The summed E-state index contributed by atoms with van der Waals surface area (Å²) in [5.74, 6) is -0.893. The molecule has 0 unspecified atom stereocenters. The Bertz CT molecular complexity index is 766. The molecule has 3 amide bonds. The predicted molar refractivity (Wildman–Crippen MR) is 93.6 cm³/mol. The first-order valence-corrected chi connectivity index (χ1v) is 8.86. The Morgan fingerprint density at radius 2 is 1.68 bits per heavy atom. The van der Waals surface area contributed by atoms with E-state index in [1.165, 1.54) is 4.90 Å². The normalized spacial score (nSPS) is 29.9. The second-order valence-electron chi connectivity index (χ2n) is 7.47. The first kappa shape index (κ1) is 16.1. The van der Waals surface area contributed by atoms with Crippen LogP contribution < -0.4 is 5.32 Å². The lowest BCUT2D eigenvalue weighted by Crippen LogP contribution is -2.38. The quantitative estimate of drug-likeness (QED) is 0.680. The van der Waals surface area contributed by atoms with Crippen LogP contribution in [0, 0.1) is 37.5 Å².